The smallest absolute Gasteiger partial charge is 0.329 e. The van der Waals surface area contributed by atoms with Crippen molar-refractivity contribution >= 4 is 29.2 Å². The van der Waals surface area contributed by atoms with Crippen LogP contribution in [0.25, 0.3) is 0 Å². The number of carbonyl (C=O) groups is 2. The number of hydrogen-bond donors (Lipinski definition) is 0. The zero-order chi connectivity index (χ0) is 21.8. The molecule has 3 aliphatic rings. The molecular formula is C24H25ClN2O4. The maximum Gasteiger partial charge on any atom is 0.329 e. The van der Waals surface area contributed by atoms with E-state index in [1.54, 1.807) is 19.9 Å². The second-order valence-electron chi connectivity index (χ2n) is 9.03. The number of fused-ring (bicyclic) bond motifs is 4. The van der Waals surface area contributed by atoms with Crippen LogP contribution in [0.1, 0.15) is 25.0 Å². The molecule has 0 amide bonds. The van der Waals surface area contributed by atoms with E-state index in [1.807, 2.05) is 30.3 Å². The largest absolute Gasteiger partial charge is 0.422 e. The number of piperazine rings is 1. The summed E-state index contributed by atoms with van der Waals surface area (Å²) >= 11 is 6.30. The minimum absolute atomic E-state index is 0.244. The molecule has 7 heteroatoms. The van der Waals surface area contributed by atoms with Gasteiger partial charge < -0.3 is 14.4 Å². The van der Waals surface area contributed by atoms with E-state index in [4.69, 9.17) is 21.1 Å². The van der Waals surface area contributed by atoms with Gasteiger partial charge in [0, 0.05) is 57.2 Å². The fraction of sp³-hybridized carbons (Fsp3) is 0.417. The van der Waals surface area contributed by atoms with Crippen LogP contribution in [0.2, 0.25) is 5.02 Å². The molecule has 0 aromatic heterocycles. The van der Waals surface area contributed by atoms with E-state index in [2.05, 4.69) is 21.9 Å². The fourth-order valence-corrected chi connectivity index (χ4v) is 5.22. The van der Waals surface area contributed by atoms with Crippen molar-refractivity contribution in [3.05, 3.63) is 64.7 Å². The van der Waals surface area contributed by atoms with Crippen LogP contribution in [0.5, 0.6) is 0 Å². The van der Waals surface area contributed by atoms with E-state index in [0.717, 1.165) is 24.3 Å². The summed E-state index contributed by atoms with van der Waals surface area (Å²) in [6.07, 6.45) is 0.244. The maximum absolute atomic E-state index is 13.4. The van der Waals surface area contributed by atoms with Crippen molar-refractivity contribution in [3.8, 4) is 0 Å². The fourth-order valence-electron chi connectivity index (χ4n) is 5.06. The molecule has 0 bridgehead atoms. The van der Waals surface area contributed by atoms with Crippen LogP contribution in [0.15, 0.2) is 48.5 Å². The molecule has 3 heterocycles. The van der Waals surface area contributed by atoms with Gasteiger partial charge in [0.15, 0.2) is 5.41 Å². The quantitative estimate of drug-likeness (QED) is 0.527. The van der Waals surface area contributed by atoms with E-state index in [9.17, 15) is 9.59 Å². The maximum atomic E-state index is 13.4. The monoisotopic (exact) mass is 440 g/mol. The van der Waals surface area contributed by atoms with Gasteiger partial charge in [-0.1, -0.05) is 48.0 Å². The summed E-state index contributed by atoms with van der Waals surface area (Å²) in [4.78, 5) is 31.2. The summed E-state index contributed by atoms with van der Waals surface area (Å²) in [5.74, 6) is -2.28. The van der Waals surface area contributed by atoms with Crippen molar-refractivity contribution < 1.29 is 19.1 Å². The first-order chi connectivity index (χ1) is 14.8. The topological polar surface area (TPSA) is 59.1 Å². The number of cyclic esters (lactones) is 2. The zero-order valence-corrected chi connectivity index (χ0v) is 18.4. The lowest BCUT2D eigenvalue weighted by Gasteiger charge is -2.54. The van der Waals surface area contributed by atoms with E-state index < -0.39 is 29.2 Å². The lowest BCUT2D eigenvalue weighted by atomic mass is 9.69. The Balaban J connectivity index is 1.55. The van der Waals surface area contributed by atoms with Gasteiger partial charge in [0.25, 0.3) is 5.79 Å². The number of carbonyl (C=O) groups excluding carboxylic acids is 2. The molecule has 0 radical (unpaired) electrons. The average molecular weight is 441 g/mol. The van der Waals surface area contributed by atoms with Crippen molar-refractivity contribution in [2.75, 3.05) is 24.5 Å². The molecule has 0 N–H and O–H groups in total. The lowest BCUT2D eigenvalue weighted by Crippen LogP contribution is -2.70. The summed E-state index contributed by atoms with van der Waals surface area (Å²) in [5, 5.41) is 0.634. The molecule has 1 atom stereocenters. The van der Waals surface area contributed by atoms with Crippen LogP contribution in [-0.2, 0) is 32.0 Å². The van der Waals surface area contributed by atoms with E-state index in [0.29, 0.717) is 18.1 Å². The van der Waals surface area contributed by atoms with Gasteiger partial charge in [-0.05, 0) is 23.3 Å². The molecule has 0 unspecified atom stereocenters. The highest BCUT2D eigenvalue weighted by Crippen LogP contribution is 2.48. The SMILES string of the molecule is CC1(C)OC(=O)C2(Cc3ccc(Cl)cc3N3CCN(Cc4ccccc4)C[C@@H]32)C(=O)O1. The third-order valence-corrected chi connectivity index (χ3v) is 6.75. The van der Waals surface area contributed by atoms with Crippen molar-refractivity contribution in [2.24, 2.45) is 5.41 Å². The Kier molecular flexibility index (Phi) is 4.75. The van der Waals surface area contributed by atoms with Gasteiger partial charge in [-0.2, -0.15) is 0 Å². The summed E-state index contributed by atoms with van der Waals surface area (Å²) in [6.45, 7) is 5.96. The highest BCUT2D eigenvalue weighted by molar-refractivity contribution is 6.30. The number of nitrogens with zero attached hydrogens (tertiary/aromatic N) is 2. The number of rotatable bonds is 2. The van der Waals surface area contributed by atoms with Crippen LogP contribution >= 0.6 is 11.6 Å². The summed E-state index contributed by atoms with van der Waals surface area (Å²) in [5.41, 5.74) is 1.68. The summed E-state index contributed by atoms with van der Waals surface area (Å²) in [6, 6.07) is 15.4. The molecule has 6 nitrogen and oxygen atoms in total. The molecule has 162 valence electrons. The van der Waals surface area contributed by atoms with Gasteiger partial charge in [0.1, 0.15) is 0 Å². The molecule has 2 fully saturated rings. The first kappa shape index (κ1) is 20.3. The van der Waals surface area contributed by atoms with Crippen molar-refractivity contribution in [1.29, 1.82) is 0 Å². The Morgan fingerprint density at radius 2 is 1.74 bits per heavy atom. The Hall–Kier alpha value is -2.57. The highest BCUT2D eigenvalue weighted by atomic mass is 35.5. The third-order valence-electron chi connectivity index (χ3n) is 6.51. The Labute approximate surface area is 186 Å². The average Bonchev–Trinajstić information content (AvgIpc) is 2.72. The standard InChI is InChI=1S/C24H25ClN2O4/c1-23(2)30-21(28)24(22(29)31-23)13-17-8-9-18(25)12-19(17)27-11-10-26(15-20(24)27)14-16-6-4-3-5-7-16/h3-9,12,20H,10-11,13-15H2,1-2H3/t20-/m1/s1. The van der Waals surface area contributed by atoms with Crippen LogP contribution < -0.4 is 4.90 Å². The minimum Gasteiger partial charge on any atom is -0.422 e. The van der Waals surface area contributed by atoms with Crippen LogP contribution in [0.3, 0.4) is 0 Å². The van der Waals surface area contributed by atoms with E-state index >= 15 is 0 Å². The number of hydrogen-bond acceptors (Lipinski definition) is 6. The number of halogens is 1. The van der Waals surface area contributed by atoms with E-state index in [1.165, 1.54) is 5.56 Å². The van der Waals surface area contributed by atoms with Crippen LogP contribution in [0.4, 0.5) is 5.69 Å². The van der Waals surface area contributed by atoms with Crippen molar-refractivity contribution in [3.63, 3.8) is 0 Å². The molecule has 3 aliphatic heterocycles. The molecule has 2 aromatic carbocycles. The Morgan fingerprint density at radius 1 is 1.03 bits per heavy atom. The Morgan fingerprint density at radius 3 is 2.45 bits per heavy atom. The molecule has 1 spiro atoms. The molecular weight excluding hydrogens is 416 g/mol. The van der Waals surface area contributed by atoms with Gasteiger partial charge in [0.2, 0.25) is 0 Å². The number of benzene rings is 2. The predicted octanol–water partition coefficient (Wildman–Crippen LogP) is 3.41. The highest BCUT2D eigenvalue weighted by Gasteiger charge is 2.64. The second kappa shape index (κ2) is 7.24. The summed E-state index contributed by atoms with van der Waals surface area (Å²) < 4.78 is 11.3. The van der Waals surface area contributed by atoms with E-state index in [-0.39, 0.29) is 6.42 Å². The first-order valence-corrected chi connectivity index (χ1v) is 10.9. The van der Waals surface area contributed by atoms with Crippen LogP contribution in [0, 0.1) is 5.41 Å². The second-order valence-corrected chi connectivity index (χ2v) is 9.47. The zero-order valence-electron chi connectivity index (χ0n) is 17.6. The van der Waals surface area contributed by atoms with Crippen molar-refractivity contribution in [2.45, 2.75) is 38.6 Å². The first-order valence-electron chi connectivity index (χ1n) is 10.6. The molecule has 31 heavy (non-hydrogen) atoms. The predicted molar refractivity (Wildman–Crippen MR) is 117 cm³/mol. The molecule has 0 aliphatic carbocycles. The third kappa shape index (κ3) is 3.38. The summed E-state index contributed by atoms with van der Waals surface area (Å²) in [7, 11) is 0. The lowest BCUT2D eigenvalue weighted by molar-refractivity contribution is -0.253. The van der Waals surface area contributed by atoms with Gasteiger partial charge >= 0.3 is 11.9 Å². The van der Waals surface area contributed by atoms with Gasteiger partial charge in [-0.25, -0.2) is 0 Å². The van der Waals surface area contributed by atoms with Gasteiger partial charge in [-0.15, -0.1) is 0 Å². The van der Waals surface area contributed by atoms with Gasteiger partial charge in [-0.3, -0.25) is 14.5 Å². The van der Waals surface area contributed by atoms with Crippen molar-refractivity contribution in [1.82, 2.24) is 4.90 Å². The number of anilines is 1. The molecule has 5 rings (SSSR count). The normalized spacial score (nSPS) is 24.2. The van der Waals surface area contributed by atoms with Crippen LogP contribution in [-0.4, -0.2) is 48.3 Å². The molecule has 0 saturated carbocycles. The minimum atomic E-state index is -1.40. The number of ether oxygens (including phenoxy) is 2. The Bertz CT molecular complexity index is 1020. The number of esters is 2. The van der Waals surface area contributed by atoms with Gasteiger partial charge in [0.05, 0.1) is 6.04 Å². The molecule has 2 aromatic rings. The molecule has 2 saturated heterocycles.